The van der Waals surface area contributed by atoms with Crippen molar-refractivity contribution < 1.29 is 14.4 Å². The van der Waals surface area contributed by atoms with Crippen LogP contribution in [0.25, 0.3) is 0 Å². The lowest BCUT2D eigenvalue weighted by Gasteiger charge is -2.17. The molecule has 1 N–H and O–H groups in total. The minimum atomic E-state index is -0.420. The van der Waals surface area contributed by atoms with Crippen molar-refractivity contribution >= 4 is 11.5 Å². The molecule has 25 heavy (non-hydrogen) atoms. The summed E-state index contributed by atoms with van der Waals surface area (Å²) in [5, 5.41) is 14.1. The molecule has 0 saturated carbocycles. The van der Waals surface area contributed by atoms with Crippen LogP contribution >= 0.6 is 0 Å². The van der Waals surface area contributed by atoms with Gasteiger partial charge in [-0.15, -0.1) is 0 Å². The molecule has 1 aliphatic rings. The standard InChI is InChI=1S/C18H19N3O4/c1-24-17-11-14(18-19-8-3-9-20-18)6-7-16(17)25-12-13-4-2-5-15(10-13)21(22)23/h2,4-7,10-11H,3,8-9,12H2,1H3,(H,19,20). The number of nitro groups is 1. The third kappa shape index (κ3) is 4.06. The fraction of sp³-hybridized carbons (Fsp3) is 0.278. The van der Waals surface area contributed by atoms with Crippen LogP contribution in [0, 0.1) is 10.1 Å². The van der Waals surface area contributed by atoms with E-state index in [4.69, 9.17) is 9.47 Å². The minimum absolute atomic E-state index is 0.0461. The highest BCUT2D eigenvalue weighted by atomic mass is 16.6. The number of nitrogens with one attached hydrogen (secondary N) is 1. The first kappa shape index (κ1) is 16.8. The average molecular weight is 341 g/mol. The first-order valence-corrected chi connectivity index (χ1v) is 8.00. The van der Waals surface area contributed by atoms with E-state index >= 15 is 0 Å². The Morgan fingerprint density at radius 2 is 2.12 bits per heavy atom. The number of nitro benzene ring substituents is 1. The van der Waals surface area contributed by atoms with Crippen molar-refractivity contribution in [3.8, 4) is 11.5 Å². The number of hydrogen-bond acceptors (Lipinski definition) is 6. The summed E-state index contributed by atoms with van der Waals surface area (Å²) in [7, 11) is 1.58. The molecular formula is C18H19N3O4. The van der Waals surface area contributed by atoms with Gasteiger partial charge in [-0.2, -0.15) is 0 Å². The van der Waals surface area contributed by atoms with Gasteiger partial charge in [0.25, 0.3) is 5.69 Å². The second-order valence-corrected chi connectivity index (χ2v) is 5.59. The SMILES string of the molecule is COc1cc(C2=NCCCN2)ccc1OCc1cccc([N+](=O)[O-])c1. The zero-order chi connectivity index (χ0) is 17.6. The zero-order valence-corrected chi connectivity index (χ0v) is 13.9. The van der Waals surface area contributed by atoms with Crippen LogP contribution in [0.4, 0.5) is 5.69 Å². The molecular weight excluding hydrogens is 322 g/mol. The molecule has 0 amide bonds. The van der Waals surface area contributed by atoms with E-state index in [1.54, 1.807) is 19.2 Å². The zero-order valence-electron chi connectivity index (χ0n) is 13.9. The Morgan fingerprint density at radius 3 is 2.84 bits per heavy atom. The lowest BCUT2D eigenvalue weighted by Crippen LogP contribution is -2.30. The lowest BCUT2D eigenvalue weighted by molar-refractivity contribution is -0.384. The van der Waals surface area contributed by atoms with E-state index in [0.717, 1.165) is 36.5 Å². The minimum Gasteiger partial charge on any atom is -0.493 e. The van der Waals surface area contributed by atoms with Crippen LogP contribution in [0.3, 0.4) is 0 Å². The fourth-order valence-electron chi connectivity index (χ4n) is 2.58. The summed E-state index contributed by atoms with van der Waals surface area (Å²) in [5.74, 6) is 2.03. The van der Waals surface area contributed by atoms with Crippen molar-refractivity contribution in [1.82, 2.24) is 5.32 Å². The van der Waals surface area contributed by atoms with E-state index in [2.05, 4.69) is 10.3 Å². The van der Waals surface area contributed by atoms with Crippen molar-refractivity contribution in [1.29, 1.82) is 0 Å². The highest BCUT2D eigenvalue weighted by Gasteiger charge is 2.12. The van der Waals surface area contributed by atoms with Crippen molar-refractivity contribution in [3.63, 3.8) is 0 Å². The molecule has 0 atom stereocenters. The summed E-state index contributed by atoms with van der Waals surface area (Å²) in [6.45, 7) is 1.94. The molecule has 2 aromatic rings. The van der Waals surface area contributed by atoms with Gasteiger partial charge in [0.1, 0.15) is 12.4 Å². The normalized spacial score (nSPS) is 13.6. The third-order valence-electron chi connectivity index (χ3n) is 3.85. The van der Waals surface area contributed by atoms with Crippen LogP contribution < -0.4 is 14.8 Å². The number of hydrogen-bond donors (Lipinski definition) is 1. The predicted molar refractivity (Wildman–Crippen MR) is 94.4 cm³/mol. The molecule has 7 heteroatoms. The first-order chi connectivity index (χ1) is 12.2. The van der Waals surface area contributed by atoms with E-state index in [0.29, 0.717) is 11.5 Å². The smallest absolute Gasteiger partial charge is 0.269 e. The Morgan fingerprint density at radius 1 is 1.24 bits per heavy atom. The van der Waals surface area contributed by atoms with Crippen LogP contribution in [-0.4, -0.2) is 31.0 Å². The molecule has 0 aliphatic carbocycles. The monoisotopic (exact) mass is 341 g/mol. The molecule has 0 saturated heterocycles. The van der Waals surface area contributed by atoms with Gasteiger partial charge in [0.15, 0.2) is 11.5 Å². The average Bonchev–Trinajstić information content (AvgIpc) is 2.67. The van der Waals surface area contributed by atoms with Gasteiger partial charge >= 0.3 is 0 Å². The quantitative estimate of drug-likeness (QED) is 0.645. The molecule has 3 rings (SSSR count). The van der Waals surface area contributed by atoms with Gasteiger partial charge < -0.3 is 14.8 Å². The summed E-state index contributed by atoms with van der Waals surface area (Å²) < 4.78 is 11.2. The number of nitrogens with zero attached hydrogens (tertiary/aromatic N) is 2. The van der Waals surface area contributed by atoms with E-state index in [-0.39, 0.29) is 12.3 Å². The van der Waals surface area contributed by atoms with Gasteiger partial charge in [-0.1, -0.05) is 12.1 Å². The predicted octanol–water partition coefficient (Wildman–Crippen LogP) is 2.92. The summed E-state index contributed by atoms with van der Waals surface area (Å²) in [6, 6.07) is 12.0. The molecule has 0 spiro atoms. The molecule has 1 heterocycles. The third-order valence-corrected chi connectivity index (χ3v) is 3.85. The van der Waals surface area contributed by atoms with E-state index in [9.17, 15) is 10.1 Å². The molecule has 0 bridgehead atoms. The van der Waals surface area contributed by atoms with Crippen molar-refractivity contribution in [2.45, 2.75) is 13.0 Å². The maximum atomic E-state index is 10.8. The maximum Gasteiger partial charge on any atom is 0.269 e. The van der Waals surface area contributed by atoms with Crippen LogP contribution in [0.1, 0.15) is 17.5 Å². The summed E-state index contributed by atoms with van der Waals surface area (Å²) in [6.07, 6.45) is 1.03. The number of non-ortho nitro benzene ring substituents is 1. The van der Waals surface area contributed by atoms with Crippen LogP contribution in [0.2, 0.25) is 0 Å². The highest BCUT2D eigenvalue weighted by Crippen LogP contribution is 2.29. The molecule has 0 radical (unpaired) electrons. The maximum absolute atomic E-state index is 10.8. The Bertz CT molecular complexity index is 805. The fourth-order valence-corrected chi connectivity index (χ4v) is 2.58. The van der Waals surface area contributed by atoms with Gasteiger partial charge in [0.05, 0.1) is 12.0 Å². The Hall–Kier alpha value is -3.09. The molecule has 0 unspecified atom stereocenters. The van der Waals surface area contributed by atoms with Crippen LogP contribution in [-0.2, 0) is 6.61 Å². The van der Waals surface area contributed by atoms with Crippen molar-refractivity contribution in [2.24, 2.45) is 4.99 Å². The second kappa shape index (κ2) is 7.65. The molecule has 130 valence electrons. The molecule has 2 aromatic carbocycles. The van der Waals surface area contributed by atoms with Gasteiger partial charge in [0.2, 0.25) is 0 Å². The van der Waals surface area contributed by atoms with Gasteiger partial charge in [0, 0.05) is 30.8 Å². The number of aliphatic imine (C=N–C) groups is 1. The molecule has 0 fully saturated rings. The summed E-state index contributed by atoms with van der Waals surface area (Å²) >= 11 is 0. The Balaban J connectivity index is 1.75. The van der Waals surface area contributed by atoms with Crippen molar-refractivity contribution in [3.05, 3.63) is 63.7 Å². The van der Waals surface area contributed by atoms with Gasteiger partial charge in [-0.25, -0.2) is 0 Å². The molecule has 7 nitrogen and oxygen atoms in total. The summed E-state index contributed by atoms with van der Waals surface area (Å²) in [4.78, 5) is 14.9. The molecule has 0 aromatic heterocycles. The van der Waals surface area contributed by atoms with Crippen LogP contribution in [0.5, 0.6) is 11.5 Å². The van der Waals surface area contributed by atoms with E-state index in [1.165, 1.54) is 12.1 Å². The Kier molecular flexibility index (Phi) is 5.13. The largest absolute Gasteiger partial charge is 0.493 e. The highest BCUT2D eigenvalue weighted by molar-refractivity contribution is 5.99. The first-order valence-electron chi connectivity index (χ1n) is 8.00. The summed E-state index contributed by atoms with van der Waals surface area (Å²) in [5.41, 5.74) is 1.71. The topological polar surface area (TPSA) is 86.0 Å². The van der Waals surface area contributed by atoms with E-state index < -0.39 is 4.92 Å². The van der Waals surface area contributed by atoms with E-state index in [1.807, 2.05) is 18.2 Å². The number of amidine groups is 1. The lowest BCUT2D eigenvalue weighted by atomic mass is 10.1. The Labute approximate surface area is 145 Å². The molecule has 1 aliphatic heterocycles. The number of ether oxygens (including phenoxy) is 2. The number of methoxy groups -OCH3 is 1. The number of rotatable bonds is 6. The number of benzene rings is 2. The van der Waals surface area contributed by atoms with Gasteiger partial charge in [-0.05, 0) is 30.2 Å². The second-order valence-electron chi connectivity index (χ2n) is 5.59. The van der Waals surface area contributed by atoms with Crippen LogP contribution in [0.15, 0.2) is 47.5 Å². The van der Waals surface area contributed by atoms with Crippen molar-refractivity contribution in [2.75, 3.05) is 20.2 Å². The van der Waals surface area contributed by atoms with Gasteiger partial charge in [-0.3, -0.25) is 15.1 Å².